The van der Waals surface area contributed by atoms with Gasteiger partial charge in [-0.2, -0.15) is 4.98 Å². The van der Waals surface area contributed by atoms with Crippen molar-refractivity contribution in [1.29, 1.82) is 0 Å². The van der Waals surface area contributed by atoms with Gasteiger partial charge in [-0.15, -0.1) is 0 Å². The van der Waals surface area contributed by atoms with E-state index in [0.717, 1.165) is 10.0 Å². The summed E-state index contributed by atoms with van der Waals surface area (Å²) < 4.78 is 6.04. The summed E-state index contributed by atoms with van der Waals surface area (Å²) in [7, 11) is 0. The van der Waals surface area contributed by atoms with Crippen LogP contribution in [0.15, 0.2) is 27.2 Å². The summed E-state index contributed by atoms with van der Waals surface area (Å²) in [5.74, 6) is 1.11. The molecule has 18 heavy (non-hydrogen) atoms. The molecule has 0 fully saturated rings. The van der Waals surface area contributed by atoms with Gasteiger partial charge in [0.15, 0.2) is 5.82 Å². The van der Waals surface area contributed by atoms with Gasteiger partial charge in [-0.3, -0.25) is 0 Å². The molecule has 2 aromatic rings. The number of benzene rings is 1. The van der Waals surface area contributed by atoms with E-state index in [4.69, 9.17) is 16.1 Å². The molecule has 0 bridgehead atoms. The number of nitrogens with one attached hydrogen (secondary N) is 1. The number of halogens is 2. The fourth-order valence-corrected chi connectivity index (χ4v) is 1.79. The smallest absolute Gasteiger partial charge is 0.258 e. The molecule has 0 amide bonds. The summed E-state index contributed by atoms with van der Waals surface area (Å²) in [6.45, 7) is 4.72. The van der Waals surface area contributed by atoms with Gasteiger partial charge in [-0.25, -0.2) is 0 Å². The third-order valence-electron chi connectivity index (χ3n) is 2.30. The summed E-state index contributed by atoms with van der Waals surface area (Å²) in [6, 6.07) is 5.91. The maximum Gasteiger partial charge on any atom is 0.258 e. The molecule has 0 aliphatic carbocycles. The average molecular weight is 331 g/mol. The van der Waals surface area contributed by atoms with Crippen LogP contribution in [-0.2, 0) is 6.54 Å². The van der Waals surface area contributed by atoms with Gasteiger partial charge in [0, 0.05) is 16.1 Å². The van der Waals surface area contributed by atoms with Crippen molar-refractivity contribution in [1.82, 2.24) is 15.5 Å². The van der Waals surface area contributed by atoms with Gasteiger partial charge < -0.3 is 9.84 Å². The zero-order chi connectivity index (χ0) is 13.1. The van der Waals surface area contributed by atoms with Crippen LogP contribution in [0.1, 0.15) is 19.7 Å². The van der Waals surface area contributed by atoms with Crippen LogP contribution in [0.25, 0.3) is 11.5 Å². The molecule has 1 aromatic carbocycles. The molecule has 1 N–H and O–H groups in total. The molecular formula is C12H13BrClN3O. The van der Waals surface area contributed by atoms with Crippen LogP contribution in [0.2, 0.25) is 5.02 Å². The van der Waals surface area contributed by atoms with Crippen LogP contribution in [0.3, 0.4) is 0 Å². The van der Waals surface area contributed by atoms with E-state index in [1.165, 1.54) is 0 Å². The Morgan fingerprint density at radius 1 is 1.44 bits per heavy atom. The molecule has 96 valence electrons. The zero-order valence-electron chi connectivity index (χ0n) is 10.1. The van der Waals surface area contributed by atoms with Gasteiger partial charge in [0.2, 0.25) is 0 Å². The number of aromatic nitrogens is 2. The first-order valence-electron chi connectivity index (χ1n) is 5.57. The van der Waals surface area contributed by atoms with Gasteiger partial charge >= 0.3 is 0 Å². The predicted molar refractivity (Wildman–Crippen MR) is 74.4 cm³/mol. The van der Waals surface area contributed by atoms with Crippen LogP contribution >= 0.6 is 27.5 Å². The quantitative estimate of drug-likeness (QED) is 0.929. The predicted octanol–water partition coefficient (Wildman–Crippen LogP) is 3.65. The van der Waals surface area contributed by atoms with Crippen molar-refractivity contribution in [2.75, 3.05) is 0 Å². The highest BCUT2D eigenvalue weighted by Gasteiger charge is 2.10. The van der Waals surface area contributed by atoms with Crippen molar-refractivity contribution in [2.24, 2.45) is 0 Å². The molecule has 1 heterocycles. The minimum Gasteiger partial charge on any atom is -0.334 e. The third kappa shape index (κ3) is 3.31. The Bertz CT molecular complexity index is 542. The highest BCUT2D eigenvalue weighted by molar-refractivity contribution is 9.10. The Morgan fingerprint density at radius 2 is 2.22 bits per heavy atom. The summed E-state index contributed by atoms with van der Waals surface area (Å²) >= 11 is 9.36. The van der Waals surface area contributed by atoms with Crippen LogP contribution in [-0.4, -0.2) is 16.2 Å². The van der Waals surface area contributed by atoms with Gasteiger partial charge in [0.1, 0.15) is 0 Å². The Hall–Kier alpha value is -0.910. The highest BCUT2D eigenvalue weighted by atomic mass is 79.9. The number of rotatable bonds is 4. The normalized spacial score (nSPS) is 11.2. The van der Waals surface area contributed by atoms with Crippen molar-refractivity contribution in [3.05, 3.63) is 33.5 Å². The Morgan fingerprint density at radius 3 is 2.89 bits per heavy atom. The molecule has 0 saturated heterocycles. The van der Waals surface area contributed by atoms with E-state index < -0.39 is 0 Å². The Balaban J connectivity index is 2.16. The van der Waals surface area contributed by atoms with E-state index in [0.29, 0.717) is 29.3 Å². The summed E-state index contributed by atoms with van der Waals surface area (Å²) in [4.78, 5) is 4.31. The first kappa shape index (κ1) is 13.5. The number of nitrogens with zero attached hydrogens (tertiary/aromatic N) is 2. The summed E-state index contributed by atoms with van der Waals surface area (Å²) in [6.07, 6.45) is 0. The third-order valence-corrected chi connectivity index (χ3v) is 3.54. The lowest BCUT2D eigenvalue weighted by Gasteiger charge is -2.03. The molecule has 6 heteroatoms. The van der Waals surface area contributed by atoms with Crippen molar-refractivity contribution in [3.8, 4) is 11.5 Å². The highest BCUT2D eigenvalue weighted by Crippen LogP contribution is 2.27. The second-order valence-electron chi connectivity index (χ2n) is 4.18. The SMILES string of the molecule is CC(C)NCc1noc(-c2ccc(Br)c(Cl)c2)n1. The topological polar surface area (TPSA) is 51.0 Å². The van der Waals surface area contributed by atoms with Gasteiger partial charge in [0.25, 0.3) is 5.89 Å². The zero-order valence-corrected chi connectivity index (χ0v) is 12.4. The summed E-state index contributed by atoms with van der Waals surface area (Å²) in [5, 5.41) is 7.76. The molecule has 0 aliphatic heterocycles. The van der Waals surface area contributed by atoms with E-state index >= 15 is 0 Å². The second-order valence-corrected chi connectivity index (χ2v) is 5.44. The van der Waals surface area contributed by atoms with Crippen LogP contribution in [0, 0.1) is 0 Å². The maximum atomic E-state index is 6.02. The summed E-state index contributed by atoms with van der Waals surface area (Å²) in [5.41, 5.74) is 0.812. The van der Waals surface area contributed by atoms with E-state index in [-0.39, 0.29) is 0 Å². The number of hydrogen-bond acceptors (Lipinski definition) is 4. The van der Waals surface area contributed by atoms with Gasteiger partial charge in [-0.05, 0) is 34.1 Å². The fraction of sp³-hybridized carbons (Fsp3) is 0.333. The Labute approximate surface area is 119 Å². The molecule has 0 aliphatic rings. The van der Waals surface area contributed by atoms with Crippen molar-refractivity contribution in [3.63, 3.8) is 0 Å². The lowest BCUT2D eigenvalue weighted by Crippen LogP contribution is -2.22. The van der Waals surface area contributed by atoms with E-state index in [9.17, 15) is 0 Å². The fourth-order valence-electron chi connectivity index (χ4n) is 1.37. The molecule has 2 rings (SSSR count). The molecule has 0 saturated carbocycles. The Kier molecular flexibility index (Phi) is 4.37. The maximum absolute atomic E-state index is 6.02. The first-order chi connectivity index (χ1) is 8.56. The van der Waals surface area contributed by atoms with Gasteiger partial charge in [0.05, 0.1) is 11.6 Å². The molecule has 0 atom stereocenters. The standard InChI is InChI=1S/C12H13BrClN3O/c1-7(2)15-6-11-16-12(18-17-11)8-3-4-9(13)10(14)5-8/h3-5,7,15H,6H2,1-2H3. The second kappa shape index (κ2) is 5.82. The molecule has 1 aromatic heterocycles. The number of hydrogen-bond donors (Lipinski definition) is 1. The molecular weight excluding hydrogens is 318 g/mol. The molecule has 0 radical (unpaired) electrons. The van der Waals surface area contributed by atoms with Crippen LogP contribution in [0.4, 0.5) is 0 Å². The van der Waals surface area contributed by atoms with Crippen molar-refractivity contribution < 1.29 is 4.52 Å². The monoisotopic (exact) mass is 329 g/mol. The van der Waals surface area contributed by atoms with Crippen molar-refractivity contribution >= 4 is 27.5 Å². The molecule has 4 nitrogen and oxygen atoms in total. The lowest BCUT2D eigenvalue weighted by atomic mass is 10.2. The average Bonchev–Trinajstić information content (AvgIpc) is 2.79. The van der Waals surface area contributed by atoms with E-state index in [1.54, 1.807) is 6.07 Å². The lowest BCUT2D eigenvalue weighted by molar-refractivity contribution is 0.417. The van der Waals surface area contributed by atoms with Crippen molar-refractivity contribution in [2.45, 2.75) is 26.4 Å². The van der Waals surface area contributed by atoms with Crippen LogP contribution in [0.5, 0.6) is 0 Å². The van der Waals surface area contributed by atoms with E-state index in [2.05, 4.69) is 45.2 Å². The van der Waals surface area contributed by atoms with Crippen LogP contribution < -0.4 is 5.32 Å². The van der Waals surface area contributed by atoms with Gasteiger partial charge in [-0.1, -0.05) is 30.6 Å². The largest absolute Gasteiger partial charge is 0.334 e. The molecule has 0 unspecified atom stereocenters. The van der Waals surface area contributed by atoms with E-state index in [1.807, 2.05) is 12.1 Å². The first-order valence-corrected chi connectivity index (χ1v) is 6.74. The minimum atomic E-state index is 0.383. The minimum absolute atomic E-state index is 0.383. The molecule has 0 spiro atoms.